The minimum Gasteiger partial charge on any atom is -0.438 e. The third kappa shape index (κ3) is 2.77. The Morgan fingerprint density at radius 1 is 1.10 bits per heavy atom. The van der Waals surface area contributed by atoms with Gasteiger partial charge in [0, 0.05) is 5.39 Å². The fourth-order valence-corrected chi connectivity index (χ4v) is 2.22. The van der Waals surface area contributed by atoms with Crippen molar-refractivity contribution in [3.05, 3.63) is 65.7 Å². The highest BCUT2D eigenvalue weighted by atomic mass is 16.5. The number of hydrogen-bond acceptors (Lipinski definition) is 3. The van der Waals surface area contributed by atoms with Gasteiger partial charge in [-0.25, -0.2) is 4.98 Å². The van der Waals surface area contributed by atoms with Crippen molar-refractivity contribution >= 4 is 17.2 Å². The lowest BCUT2D eigenvalue weighted by atomic mass is 10.1. The monoisotopic (exact) mass is 277 g/mol. The van der Waals surface area contributed by atoms with Crippen molar-refractivity contribution in [1.82, 2.24) is 4.98 Å². The summed E-state index contributed by atoms with van der Waals surface area (Å²) in [6.07, 6.45) is 1.71. The van der Waals surface area contributed by atoms with Crippen molar-refractivity contribution in [2.75, 3.05) is 0 Å². The maximum absolute atomic E-state index is 11.3. The minimum atomic E-state index is 0.344. The summed E-state index contributed by atoms with van der Waals surface area (Å²) in [5.74, 6) is 1.04. The summed E-state index contributed by atoms with van der Waals surface area (Å²) in [6, 6.07) is 17.3. The van der Waals surface area contributed by atoms with Crippen LogP contribution >= 0.6 is 0 Å². The van der Waals surface area contributed by atoms with Gasteiger partial charge in [-0.15, -0.1) is 0 Å². The quantitative estimate of drug-likeness (QED) is 0.663. The van der Waals surface area contributed by atoms with Crippen molar-refractivity contribution in [3.8, 4) is 11.6 Å². The highest BCUT2D eigenvalue weighted by molar-refractivity contribution is 5.88. The number of pyridine rings is 1. The summed E-state index contributed by atoms with van der Waals surface area (Å²) in [4.78, 5) is 15.7. The van der Waals surface area contributed by atoms with Gasteiger partial charge in [-0.05, 0) is 36.2 Å². The number of ether oxygens (including phenoxy) is 1. The Hall–Kier alpha value is -2.68. The fraction of sp³-hybridized carbons (Fsp3) is 0.111. The van der Waals surface area contributed by atoms with E-state index in [1.165, 1.54) is 5.56 Å². The van der Waals surface area contributed by atoms with Gasteiger partial charge in [-0.3, -0.25) is 4.79 Å². The molecule has 0 aliphatic carbocycles. The van der Waals surface area contributed by atoms with E-state index in [0.717, 1.165) is 23.6 Å². The van der Waals surface area contributed by atoms with Crippen LogP contribution in [0.4, 0.5) is 0 Å². The number of rotatable bonds is 4. The van der Waals surface area contributed by atoms with Crippen molar-refractivity contribution < 1.29 is 9.53 Å². The molecule has 2 aromatic carbocycles. The first-order valence-electron chi connectivity index (χ1n) is 6.92. The largest absolute Gasteiger partial charge is 0.438 e. The number of hydrogen-bond donors (Lipinski definition) is 0. The molecule has 1 aromatic heterocycles. The van der Waals surface area contributed by atoms with Crippen LogP contribution in [-0.4, -0.2) is 11.3 Å². The van der Waals surface area contributed by atoms with E-state index in [1.54, 1.807) is 6.07 Å². The lowest BCUT2D eigenvalue weighted by Gasteiger charge is -2.09. The zero-order valence-corrected chi connectivity index (χ0v) is 11.7. The first kappa shape index (κ1) is 13.3. The molecule has 3 aromatic rings. The Balaban J connectivity index is 2.04. The molecule has 0 bridgehead atoms. The van der Waals surface area contributed by atoms with Gasteiger partial charge in [0.15, 0.2) is 6.29 Å². The molecule has 104 valence electrons. The van der Waals surface area contributed by atoms with E-state index < -0.39 is 0 Å². The minimum absolute atomic E-state index is 0.344. The van der Waals surface area contributed by atoms with Gasteiger partial charge in [-0.2, -0.15) is 0 Å². The summed E-state index contributed by atoms with van der Waals surface area (Å²) in [5.41, 5.74) is 2.45. The lowest BCUT2D eigenvalue weighted by molar-refractivity contribution is 0.112. The van der Waals surface area contributed by atoms with Crippen molar-refractivity contribution in [3.63, 3.8) is 0 Å². The van der Waals surface area contributed by atoms with Gasteiger partial charge >= 0.3 is 0 Å². The number of carbonyl (C=O) groups excluding carboxylic acids is 1. The predicted octanol–water partition coefficient (Wildman–Crippen LogP) is 4.40. The van der Waals surface area contributed by atoms with Gasteiger partial charge in [0.05, 0.1) is 11.1 Å². The molecule has 3 heteroatoms. The Bertz CT molecular complexity index is 796. The van der Waals surface area contributed by atoms with Crippen molar-refractivity contribution in [1.29, 1.82) is 0 Å². The molecule has 1 heterocycles. The Morgan fingerprint density at radius 3 is 2.76 bits per heavy atom. The molecule has 0 fully saturated rings. The third-order valence-electron chi connectivity index (χ3n) is 3.36. The molecule has 0 radical (unpaired) electrons. The molecule has 0 N–H and O–H groups in total. The average Bonchev–Trinajstić information content (AvgIpc) is 2.54. The number of aryl methyl sites for hydroxylation is 1. The number of aromatic nitrogens is 1. The highest BCUT2D eigenvalue weighted by Gasteiger charge is 2.09. The summed E-state index contributed by atoms with van der Waals surface area (Å²) < 4.78 is 5.81. The summed E-state index contributed by atoms with van der Waals surface area (Å²) in [7, 11) is 0. The summed E-state index contributed by atoms with van der Waals surface area (Å²) >= 11 is 0. The second kappa shape index (κ2) is 5.75. The van der Waals surface area contributed by atoms with Crippen LogP contribution in [0.25, 0.3) is 10.9 Å². The molecule has 0 amide bonds. The van der Waals surface area contributed by atoms with Crippen LogP contribution in [0.5, 0.6) is 11.6 Å². The molecule has 0 saturated heterocycles. The van der Waals surface area contributed by atoms with E-state index in [0.29, 0.717) is 17.2 Å². The second-order valence-corrected chi connectivity index (χ2v) is 4.80. The maximum Gasteiger partial charge on any atom is 0.230 e. The van der Waals surface area contributed by atoms with E-state index >= 15 is 0 Å². The van der Waals surface area contributed by atoms with Gasteiger partial charge in [-0.1, -0.05) is 37.3 Å². The van der Waals surface area contributed by atoms with Gasteiger partial charge in [0.25, 0.3) is 0 Å². The smallest absolute Gasteiger partial charge is 0.230 e. The molecule has 0 aliphatic heterocycles. The average molecular weight is 277 g/mol. The standard InChI is InChI=1S/C18H15NO2/c1-2-13-6-5-8-16(10-13)21-18-15(12-20)11-14-7-3-4-9-17(14)19-18/h3-12H,2H2,1H3. The first-order chi connectivity index (χ1) is 10.3. The Labute approximate surface area is 123 Å². The van der Waals surface area contributed by atoms with E-state index in [9.17, 15) is 4.79 Å². The molecule has 21 heavy (non-hydrogen) atoms. The van der Waals surface area contributed by atoms with E-state index in [4.69, 9.17) is 4.74 Å². The van der Waals surface area contributed by atoms with Gasteiger partial charge in [0.2, 0.25) is 5.88 Å². The number of aldehydes is 1. The molecular formula is C18H15NO2. The molecule has 0 saturated carbocycles. The number of benzene rings is 2. The number of fused-ring (bicyclic) bond motifs is 1. The lowest BCUT2D eigenvalue weighted by Crippen LogP contribution is -1.95. The zero-order chi connectivity index (χ0) is 14.7. The SMILES string of the molecule is CCc1cccc(Oc2nc3ccccc3cc2C=O)c1. The third-order valence-corrected chi connectivity index (χ3v) is 3.36. The Morgan fingerprint density at radius 2 is 1.95 bits per heavy atom. The van der Waals surface area contributed by atoms with E-state index in [-0.39, 0.29) is 0 Å². The van der Waals surface area contributed by atoms with Crippen LogP contribution < -0.4 is 4.74 Å². The predicted molar refractivity (Wildman–Crippen MR) is 83.0 cm³/mol. The van der Waals surface area contributed by atoms with E-state index in [2.05, 4.69) is 11.9 Å². The van der Waals surface area contributed by atoms with Crippen LogP contribution in [-0.2, 0) is 6.42 Å². The van der Waals surface area contributed by atoms with Crippen LogP contribution in [0, 0.1) is 0 Å². The molecule has 3 nitrogen and oxygen atoms in total. The molecular weight excluding hydrogens is 262 g/mol. The topological polar surface area (TPSA) is 39.2 Å². The number of carbonyl (C=O) groups is 1. The molecule has 3 rings (SSSR count). The van der Waals surface area contributed by atoms with Gasteiger partial charge in [0.1, 0.15) is 5.75 Å². The second-order valence-electron chi connectivity index (χ2n) is 4.80. The van der Waals surface area contributed by atoms with Crippen molar-refractivity contribution in [2.24, 2.45) is 0 Å². The number of para-hydroxylation sites is 1. The van der Waals surface area contributed by atoms with Crippen LogP contribution in [0.3, 0.4) is 0 Å². The first-order valence-corrected chi connectivity index (χ1v) is 6.92. The normalized spacial score (nSPS) is 10.5. The summed E-state index contributed by atoms with van der Waals surface area (Å²) in [5, 5.41) is 0.925. The van der Waals surface area contributed by atoms with Crippen LogP contribution in [0.1, 0.15) is 22.8 Å². The highest BCUT2D eigenvalue weighted by Crippen LogP contribution is 2.26. The maximum atomic E-state index is 11.3. The van der Waals surface area contributed by atoms with Crippen LogP contribution in [0.15, 0.2) is 54.6 Å². The van der Waals surface area contributed by atoms with Gasteiger partial charge < -0.3 is 4.74 Å². The van der Waals surface area contributed by atoms with Crippen LogP contribution in [0.2, 0.25) is 0 Å². The zero-order valence-electron chi connectivity index (χ0n) is 11.7. The Kier molecular flexibility index (Phi) is 3.65. The summed E-state index contributed by atoms with van der Waals surface area (Å²) in [6.45, 7) is 2.09. The molecule has 0 aliphatic rings. The van der Waals surface area contributed by atoms with E-state index in [1.807, 2.05) is 48.5 Å². The van der Waals surface area contributed by atoms with Crippen molar-refractivity contribution in [2.45, 2.75) is 13.3 Å². The molecule has 0 spiro atoms. The fourth-order valence-electron chi connectivity index (χ4n) is 2.22. The molecule has 0 atom stereocenters. The number of nitrogens with zero attached hydrogens (tertiary/aromatic N) is 1. The molecule has 0 unspecified atom stereocenters.